The summed E-state index contributed by atoms with van der Waals surface area (Å²) in [5.41, 5.74) is 4.85. The lowest BCUT2D eigenvalue weighted by Gasteiger charge is -2.24. The second-order valence-electron chi connectivity index (χ2n) is 4.06. The largest absolute Gasteiger partial charge is 0.393 e. The number of rotatable bonds is 6. The third-order valence-corrected chi connectivity index (χ3v) is 2.62. The van der Waals surface area contributed by atoms with Gasteiger partial charge in [0.1, 0.15) is 11.4 Å². The molecule has 1 aromatic rings. The summed E-state index contributed by atoms with van der Waals surface area (Å²) >= 11 is 0. The number of aryl methyl sites for hydroxylation is 1. The molecule has 17 heavy (non-hydrogen) atoms. The molecule has 0 amide bonds. The average Bonchev–Trinajstić information content (AvgIpc) is 2.33. The predicted molar refractivity (Wildman–Crippen MR) is 63.1 cm³/mol. The van der Waals surface area contributed by atoms with Gasteiger partial charge in [-0.1, -0.05) is 6.07 Å². The van der Waals surface area contributed by atoms with Crippen LogP contribution in [0, 0.1) is 12.9 Å². The van der Waals surface area contributed by atoms with Crippen molar-refractivity contribution in [3.63, 3.8) is 0 Å². The van der Waals surface area contributed by atoms with E-state index < -0.39 is 18.2 Å². The molecule has 5 nitrogen and oxygen atoms in total. The van der Waals surface area contributed by atoms with Gasteiger partial charge in [0, 0.05) is 13.1 Å². The molecule has 96 valence electrons. The first-order valence-corrected chi connectivity index (χ1v) is 5.41. The number of nitrogens with zero attached hydrogens (tertiary/aromatic N) is 1. The number of pyridine rings is 1. The van der Waals surface area contributed by atoms with Gasteiger partial charge in [-0.2, -0.15) is 4.39 Å². The van der Waals surface area contributed by atoms with Crippen LogP contribution in [-0.2, 0) is 0 Å². The maximum absolute atomic E-state index is 12.9. The summed E-state index contributed by atoms with van der Waals surface area (Å²) in [7, 11) is 0. The van der Waals surface area contributed by atoms with Crippen LogP contribution >= 0.6 is 0 Å². The molecule has 0 aromatic carbocycles. The van der Waals surface area contributed by atoms with Crippen LogP contribution in [0.4, 0.5) is 10.2 Å². The Morgan fingerprint density at radius 3 is 2.82 bits per heavy atom. The molecular formula is C11H18FN3O2. The van der Waals surface area contributed by atoms with Crippen molar-refractivity contribution in [2.75, 3.05) is 25.0 Å². The summed E-state index contributed by atoms with van der Waals surface area (Å²) in [6.45, 7) is 1.73. The molecule has 0 saturated heterocycles. The molecule has 0 saturated carbocycles. The molecule has 0 aliphatic heterocycles. The van der Waals surface area contributed by atoms with Gasteiger partial charge in [0.2, 0.25) is 5.95 Å². The first kappa shape index (κ1) is 13.8. The minimum Gasteiger partial charge on any atom is -0.393 e. The van der Waals surface area contributed by atoms with Crippen molar-refractivity contribution in [1.82, 2.24) is 4.98 Å². The molecule has 5 N–H and O–H groups in total. The number of nitrogens with one attached hydrogen (secondary N) is 1. The van der Waals surface area contributed by atoms with Gasteiger partial charge in [-0.05, 0) is 25.0 Å². The minimum absolute atomic E-state index is 0.0270. The van der Waals surface area contributed by atoms with E-state index in [4.69, 9.17) is 10.8 Å². The Bertz CT molecular complexity index is 370. The third kappa shape index (κ3) is 3.92. The topological polar surface area (TPSA) is 91.4 Å². The standard InChI is InChI=1S/C11H18FN3O2/c1-8-2-3-9(12)15-10(8)14-5-4-11(17,6-13)7-16/h2-3,16-17H,4-7,13H2,1H3,(H,14,15). The fourth-order valence-electron chi connectivity index (χ4n) is 1.34. The van der Waals surface area contributed by atoms with Crippen molar-refractivity contribution < 1.29 is 14.6 Å². The third-order valence-electron chi connectivity index (χ3n) is 2.62. The van der Waals surface area contributed by atoms with Gasteiger partial charge in [-0.15, -0.1) is 0 Å². The fraction of sp³-hybridized carbons (Fsp3) is 0.545. The summed E-state index contributed by atoms with van der Waals surface area (Å²) in [4.78, 5) is 3.69. The van der Waals surface area contributed by atoms with E-state index in [1.807, 2.05) is 0 Å². The summed E-state index contributed by atoms with van der Waals surface area (Å²) in [6, 6.07) is 2.90. The van der Waals surface area contributed by atoms with E-state index in [2.05, 4.69) is 10.3 Å². The molecule has 0 aliphatic carbocycles. The fourth-order valence-corrected chi connectivity index (χ4v) is 1.34. The maximum Gasteiger partial charge on any atom is 0.214 e. The van der Waals surface area contributed by atoms with Crippen molar-refractivity contribution >= 4 is 5.82 Å². The first-order chi connectivity index (χ1) is 8.00. The quantitative estimate of drug-likeness (QED) is 0.528. The van der Waals surface area contributed by atoms with Crippen LogP contribution in [0.15, 0.2) is 12.1 Å². The van der Waals surface area contributed by atoms with Crippen molar-refractivity contribution in [2.45, 2.75) is 18.9 Å². The van der Waals surface area contributed by atoms with E-state index in [9.17, 15) is 9.50 Å². The van der Waals surface area contributed by atoms with Crippen LogP contribution in [0.25, 0.3) is 0 Å². The van der Waals surface area contributed by atoms with Gasteiger partial charge in [0.25, 0.3) is 0 Å². The van der Waals surface area contributed by atoms with Gasteiger partial charge < -0.3 is 21.3 Å². The molecule has 1 heterocycles. The number of aliphatic hydroxyl groups is 2. The van der Waals surface area contributed by atoms with Crippen molar-refractivity contribution in [3.8, 4) is 0 Å². The SMILES string of the molecule is Cc1ccc(F)nc1NCCC(O)(CN)CO. The van der Waals surface area contributed by atoms with E-state index in [0.717, 1.165) is 5.56 Å². The van der Waals surface area contributed by atoms with Crippen molar-refractivity contribution in [1.29, 1.82) is 0 Å². The van der Waals surface area contributed by atoms with E-state index in [1.54, 1.807) is 13.0 Å². The van der Waals surface area contributed by atoms with Crippen molar-refractivity contribution in [3.05, 3.63) is 23.6 Å². The maximum atomic E-state index is 12.9. The van der Waals surface area contributed by atoms with Crippen LogP contribution in [0.3, 0.4) is 0 Å². The first-order valence-electron chi connectivity index (χ1n) is 5.41. The second-order valence-corrected chi connectivity index (χ2v) is 4.06. The number of nitrogens with two attached hydrogens (primary N) is 1. The van der Waals surface area contributed by atoms with E-state index >= 15 is 0 Å². The monoisotopic (exact) mass is 243 g/mol. The van der Waals surface area contributed by atoms with Gasteiger partial charge in [-0.25, -0.2) is 4.98 Å². The van der Waals surface area contributed by atoms with Crippen LogP contribution < -0.4 is 11.1 Å². The zero-order valence-electron chi connectivity index (χ0n) is 9.78. The number of hydrogen-bond acceptors (Lipinski definition) is 5. The van der Waals surface area contributed by atoms with E-state index in [0.29, 0.717) is 12.4 Å². The Balaban J connectivity index is 2.53. The molecule has 1 atom stereocenters. The Hall–Kier alpha value is -1.24. The Morgan fingerprint density at radius 2 is 2.24 bits per heavy atom. The zero-order chi connectivity index (χ0) is 12.9. The lowest BCUT2D eigenvalue weighted by Crippen LogP contribution is -2.43. The van der Waals surface area contributed by atoms with E-state index in [-0.39, 0.29) is 13.0 Å². The van der Waals surface area contributed by atoms with Gasteiger partial charge in [-0.3, -0.25) is 0 Å². The molecule has 0 spiro atoms. The highest BCUT2D eigenvalue weighted by Crippen LogP contribution is 2.13. The number of halogens is 1. The van der Waals surface area contributed by atoms with Gasteiger partial charge >= 0.3 is 0 Å². The smallest absolute Gasteiger partial charge is 0.214 e. The zero-order valence-corrected chi connectivity index (χ0v) is 9.78. The van der Waals surface area contributed by atoms with Crippen molar-refractivity contribution in [2.24, 2.45) is 5.73 Å². The van der Waals surface area contributed by atoms with E-state index in [1.165, 1.54) is 6.07 Å². The molecule has 0 aliphatic rings. The van der Waals surface area contributed by atoms with Gasteiger partial charge in [0.05, 0.1) is 6.61 Å². The molecular weight excluding hydrogens is 225 g/mol. The molecule has 0 bridgehead atoms. The van der Waals surface area contributed by atoms with Crippen LogP contribution in [0.2, 0.25) is 0 Å². The Labute approximate surface area is 99.5 Å². The Morgan fingerprint density at radius 1 is 1.53 bits per heavy atom. The van der Waals surface area contributed by atoms with Crippen LogP contribution in [0.1, 0.15) is 12.0 Å². The predicted octanol–water partition coefficient (Wildman–Crippen LogP) is 0.0132. The number of aliphatic hydroxyl groups excluding tert-OH is 1. The highest BCUT2D eigenvalue weighted by atomic mass is 19.1. The average molecular weight is 243 g/mol. The Kier molecular flexibility index (Phi) is 4.80. The molecule has 1 unspecified atom stereocenters. The molecule has 1 rings (SSSR count). The number of hydrogen-bond donors (Lipinski definition) is 4. The van der Waals surface area contributed by atoms with Crippen LogP contribution in [0.5, 0.6) is 0 Å². The van der Waals surface area contributed by atoms with Gasteiger partial charge in [0.15, 0.2) is 0 Å². The summed E-state index contributed by atoms with van der Waals surface area (Å²) in [6.07, 6.45) is 0.262. The molecule has 0 fully saturated rings. The highest BCUT2D eigenvalue weighted by molar-refractivity contribution is 5.42. The highest BCUT2D eigenvalue weighted by Gasteiger charge is 2.23. The number of aromatic nitrogens is 1. The lowest BCUT2D eigenvalue weighted by molar-refractivity contribution is -0.0106. The summed E-state index contributed by atoms with van der Waals surface area (Å²) in [5.74, 6) is -0.128. The summed E-state index contributed by atoms with van der Waals surface area (Å²) < 4.78 is 12.9. The number of anilines is 1. The molecule has 6 heteroatoms. The normalized spacial score (nSPS) is 14.4. The van der Waals surface area contributed by atoms with Crippen LogP contribution in [-0.4, -0.2) is 40.5 Å². The summed E-state index contributed by atoms with van der Waals surface area (Å²) in [5, 5.41) is 21.6. The second kappa shape index (κ2) is 5.90. The molecule has 1 aromatic heterocycles. The molecule has 0 radical (unpaired) electrons. The minimum atomic E-state index is -1.30. The lowest BCUT2D eigenvalue weighted by atomic mass is 10.0.